The maximum atomic E-state index is 12.5. The lowest BCUT2D eigenvalue weighted by molar-refractivity contribution is 0.242. The monoisotopic (exact) mass is 423 g/mol. The fraction of sp³-hybridized carbons (Fsp3) is 0.571. The molecular formula is C14H19Br2NO2S. The van der Waals surface area contributed by atoms with E-state index in [1.165, 1.54) is 0 Å². The second kappa shape index (κ2) is 6.46. The molecule has 3 nitrogen and oxygen atoms in total. The zero-order valence-corrected chi connectivity index (χ0v) is 15.6. The highest BCUT2D eigenvalue weighted by atomic mass is 79.9. The summed E-state index contributed by atoms with van der Waals surface area (Å²) in [5, 5.41) is 0. The van der Waals surface area contributed by atoms with E-state index in [-0.39, 0.29) is 10.9 Å². The van der Waals surface area contributed by atoms with Crippen molar-refractivity contribution in [1.82, 2.24) is 4.72 Å². The third-order valence-corrected chi connectivity index (χ3v) is 7.11. The summed E-state index contributed by atoms with van der Waals surface area (Å²) in [4.78, 5) is 0.290. The average Bonchev–Trinajstić information content (AvgIpc) is 2.36. The van der Waals surface area contributed by atoms with Gasteiger partial charge in [0.05, 0.1) is 4.90 Å². The molecule has 0 saturated heterocycles. The van der Waals surface area contributed by atoms with Crippen molar-refractivity contribution in [3.63, 3.8) is 0 Å². The molecule has 1 aromatic rings. The van der Waals surface area contributed by atoms with Gasteiger partial charge in [0, 0.05) is 15.0 Å². The maximum Gasteiger partial charge on any atom is 0.241 e. The Labute approximate surface area is 137 Å². The lowest BCUT2D eigenvalue weighted by Crippen LogP contribution is -2.39. The highest BCUT2D eigenvalue weighted by Gasteiger charge is 2.29. The lowest BCUT2D eigenvalue weighted by Gasteiger charge is -2.32. The smallest absolute Gasteiger partial charge is 0.208 e. The molecule has 0 aliphatic heterocycles. The summed E-state index contributed by atoms with van der Waals surface area (Å²) in [5.74, 6) is 1.23. The Morgan fingerprint density at radius 2 is 1.85 bits per heavy atom. The third-order valence-electron chi connectivity index (χ3n) is 4.10. The van der Waals surface area contributed by atoms with Crippen LogP contribution >= 0.6 is 31.9 Å². The van der Waals surface area contributed by atoms with Crippen molar-refractivity contribution in [3.8, 4) is 0 Å². The fourth-order valence-corrected chi connectivity index (χ4v) is 5.41. The van der Waals surface area contributed by atoms with Gasteiger partial charge in [-0.1, -0.05) is 29.8 Å². The first-order valence-corrected chi connectivity index (χ1v) is 9.84. The molecule has 20 heavy (non-hydrogen) atoms. The van der Waals surface area contributed by atoms with E-state index in [9.17, 15) is 8.42 Å². The van der Waals surface area contributed by atoms with Crippen LogP contribution in [0.5, 0.6) is 0 Å². The minimum Gasteiger partial charge on any atom is -0.208 e. The number of hydrogen-bond acceptors (Lipinski definition) is 2. The molecule has 0 spiro atoms. The van der Waals surface area contributed by atoms with Crippen LogP contribution in [0.1, 0.15) is 33.1 Å². The second-order valence-electron chi connectivity index (χ2n) is 5.66. The van der Waals surface area contributed by atoms with Gasteiger partial charge in [-0.05, 0) is 65.2 Å². The van der Waals surface area contributed by atoms with Gasteiger partial charge in [-0.25, -0.2) is 13.1 Å². The lowest BCUT2D eigenvalue weighted by atomic mass is 9.79. The molecule has 1 N–H and O–H groups in total. The molecule has 1 saturated carbocycles. The molecular weight excluding hydrogens is 406 g/mol. The van der Waals surface area contributed by atoms with E-state index in [2.05, 4.69) is 50.4 Å². The Morgan fingerprint density at radius 1 is 1.15 bits per heavy atom. The van der Waals surface area contributed by atoms with Crippen LogP contribution < -0.4 is 4.72 Å². The first kappa shape index (κ1) is 16.5. The van der Waals surface area contributed by atoms with Gasteiger partial charge in [-0.2, -0.15) is 0 Å². The van der Waals surface area contributed by atoms with Crippen molar-refractivity contribution >= 4 is 41.9 Å². The van der Waals surface area contributed by atoms with Gasteiger partial charge in [0.1, 0.15) is 0 Å². The van der Waals surface area contributed by atoms with E-state index in [1.54, 1.807) is 12.1 Å². The topological polar surface area (TPSA) is 46.2 Å². The highest BCUT2D eigenvalue weighted by molar-refractivity contribution is 9.11. The molecule has 1 fully saturated rings. The van der Waals surface area contributed by atoms with E-state index in [1.807, 2.05) is 6.07 Å². The summed E-state index contributed by atoms with van der Waals surface area (Å²) in [6.45, 7) is 4.43. The summed E-state index contributed by atoms with van der Waals surface area (Å²) >= 11 is 6.63. The van der Waals surface area contributed by atoms with Gasteiger partial charge in [-0.3, -0.25) is 0 Å². The van der Waals surface area contributed by atoms with Crippen LogP contribution in [0.2, 0.25) is 0 Å². The van der Waals surface area contributed by atoms with E-state index < -0.39 is 10.0 Å². The number of benzene rings is 1. The van der Waals surface area contributed by atoms with Gasteiger partial charge < -0.3 is 0 Å². The molecule has 0 heterocycles. The Balaban J connectivity index is 2.17. The van der Waals surface area contributed by atoms with Crippen LogP contribution in [0.25, 0.3) is 0 Å². The molecule has 0 amide bonds. The highest BCUT2D eigenvalue weighted by Crippen LogP contribution is 2.31. The quantitative estimate of drug-likeness (QED) is 0.785. The summed E-state index contributed by atoms with van der Waals surface area (Å²) < 4.78 is 29.2. The summed E-state index contributed by atoms with van der Waals surface area (Å²) in [6, 6.07) is 5.22. The Morgan fingerprint density at radius 3 is 2.50 bits per heavy atom. The number of halogens is 2. The van der Waals surface area contributed by atoms with Crippen molar-refractivity contribution in [2.24, 2.45) is 11.8 Å². The molecule has 1 aromatic carbocycles. The standard InChI is InChI=1S/C14H19Br2NO2S/c1-9-3-5-12(7-10(9)2)17-20(18,19)14-8-11(15)4-6-13(14)16/h4,6,8-10,12,17H,3,5,7H2,1-2H3. The zero-order valence-electron chi connectivity index (χ0n) is 11.6. The van der Waals surface area contributed by atoms with E-state index in [0.717, 1.165) is 23.7 Å². The molecule has 0 bridgehead atoms. The predicted molar refractivity (Wildman–Crippen MR) is 88.1 cm³/mol. The molecule has 3 atom stereocenters. The summed E-state index contributed by atoms with van der Waals surface area (Å²) in [5.41, 5.74) is 0. The normalized spacial score (nSPS) is 27.5. The average molecular weight is 425 g/mol. The largest absolute Gasteiger partial charge is 0.241 e. The molecule has 6 heteroatoms. The molecule has 2 rings (SSSR count). The minimum absolute atomic E-state index is 0.0390. The molecule has 0 aromatic heterocycles. The summed E-state index contributed by atoms with van der Waals surface area (Å²) in [7, 11) is -3.48. The maximum absolute atomic E-state index is 12.5. The van der Waals surface area contributed by atoms with Crippen LogP contribution in [-0.2, 0) is 10.0 Å². The number of hydrogen-bond donors (Lipinski definition) is 1. The van der Waals surface area contributed by atoms with Crippen molar-refractivity contribution in [2.45, 2.75) is 44.0 Å². The first-order valence-electron chi connectivity index (χ1n) is 6.77. The van der Waals surface area contributed by atoms with Crippen LogP contribution in [0, 0.1) is 11.8 Å². The van der Waals surface area contributed by atoms with Gasteiger partial charge in [0.15, 0.2) is 0 Å². The van der Waals surface area contributed by atoms with Crippen molar-refractivity contribution < 1.29 is 8.42 Å². The predicted octanol–water partition coefficient (Wildman–Crippen LogP) is 4.31. The Bertz CT molecular complexity index is 589. The van der Waals surface area contributed by atoms with Crippen LogP contribution in [0.15, 0.2) is 32.0 Å². The molecule has 1 aliphatic rings. The van der Waals surface area contributed by atoms with Crippen molar-refractivity contribution in [2.75, 3.05) is 0 Å². The zero-order chi connectivity index (χ0) is 14.9. The second-order valence-corrected chi connectivity index (χ2v) is 9.11. The SMILES string of the molecule is CC1CCC(NS(=O)(=O)c2cc(Br)ccc2Br)CC1C. The molecule has 3 unspecified atom stereocenters. The van der Waals surface area contributed by atoms with Crippen LogP contribution in [0.4, 0.5) is 0 Å². The minimum atomic E-state index is -3.48. The fourth-order valence-electron chi connectivity index (χ4n) is 2.62. The van der Waals surface area contributed by atoms with Gasteiger partial charge >= 0.3 is 0 Å². The van der Waals surface area contributed by atoms with Crippen LogP contribution in [-0.4, -0.2) is 14.5 Å². The van der Waals surface area contributed by atoms with Gasteiger partial charge in [0.2, 0.25) is 10.0 Å². The molecule has 112 valence electrons. The van der Waals surface area contributed by atoms with E-state index >= 15 is 0 Å². The first-order chi connectivity index (χ1) is 9.29. The number of sulfonamides is 1. The Hall–Kier alpha value is 0.0900. The molecule has 1 aliphatic carbocycles. The third kappa shape index (κ3) is 3.84. The van der Waals surface area contributed by atoms with E-state index in [4.69, 9.17) is 0 Å². The Kier molecular flexibility index (Phi) is 5.32. The number of nitrogens with one attached hydrogen (secondary N) is 1. The van der Waals surface area contributed by atoms with Gasteiger partial charge in [0.25, 0.3) is 0 Å². The molecule has 0 radical (unpaired) electrons. The van der Waals surface area contributed by atoms with Crippen molar-refractivity contribution in [1.29, 1.82) is 0 Å². The van der Waals surface area contributed by atoms with Gasteiger partial charge in [-0.15, -0.1) is 0 Å². The summed E-state index contributed by atoms with van der Waals surface area (Å²) in [6.07, 6.45) is 2.90. The van der Waals surface area contributed by atoms with Crippen molar-refractivity contribution in [3.05, 3.63) is 27.1 Å². The van der Waals surface area contributed by atoms with E-state index in [0.29, 0.717) is 16.3 Å². The number of rotatable bonds is 3. The van der Waals surface area contributed by atoms with Crippen LogP contribution in [0.3, 0.4) is 0 Å².